The number of anilines is 1. The van der Waals surface area contributed by atoms with Crippen LogP contribution in [0.15, 0.2) is 18.2 Å². The van der Waals surface area contributed by atoms with E-state index in [0.717, 1.165) is 0 Å². The van der Waals surface area contributed by atoms with Crippen molar-refractivity contribution in [3.8, 4) is 5.75 Å². The van der Waals surface area contributed by atoms with Crippen molar-refractivity contribution in [2.24, 2.45) is 7.05 Å². The van der Waals surface area contributed by atoms with Gasteiger partial charge >= 0.3 is 5.97 Å². The highest BCUT2D eigenvalue weighted by molar-refractivity contribution is 5.96. The Morgan fingerprint density at radius 2 is 2.26 bits per heavy atom. The zero-order valence-corrected chi connectivity index (χ0v) is 10.5. The van der Waals surface area contributed by atoms with E-state index in [0.29, 0.717) is 11.6 Å². The van der Waals surface area contributed by atoms with E-state index in [9.17, 15) is 4.79 Å². The number of nitrogens with zero attached hydrogens (tertiary/aromatic N) is 4. The maximum atomic E-state index is 11.9. The number of aromatic nitrogens is 4. The van der Waals surface area contributed by atoms with E-state index in [1.54, 1.807) is 25.2 Å². The molecule has 8 nitrogen and oxygen atoms in total. The number of methoxy groups -OCH3 is 1. The topological polar surface area (TPSA) is 105 Å². The maximum Gasteiger partial charge on any atom is 0.340 e. The summed E-state index contributed by atoms with van der Waals surface area (Å²) in [6.45, 7) is -0.0661. The van der Waals surface area contributed by atoms with Gasteiger partial charge < -0.3 is 15.2 Å². The molecule has 0 saturated heterocycles. The van der Waals surface area contributed by atoms with Gasteiger partial charge in [-0.15, -0.1) is 10.2 Å². The monoisotopic (exact) mass is 263 g/mol. The molecule has 0 aliphatic carbocycles. The predicted octanol–water partition coefficient (Wildman–Crippen LogP) is 0.158. The minimum atomic E-state index is -0.566. The second kappa shape index (κ2) is 5.34. The molecule has 1 aromatic carbocycles. The average Bonchev–Trinajstić information content (AvgIpc) is 2.82. The molecule has 8 heteroatoms. The Hall–Kier alpha value is -2.64. The molecule has 19 heavy (non-hydrogen) atoms. The zero-order chi connectivity index (χ0) is 13.8. The Kier molecular flexibility index (Phi) is 3.60. The molecule has 0 fully saturated rings. The van der Waals surface area contributed by atoms with Gasteiger partial charge in [0.2, 0.25) is 5.82 Å². The van der Waals surface area contributed by atoms with Crippen molar-refractivity contribution in [2.75, 3.05) is 12.8 Å². The van der Waals surface area contributed by atoms with Crippen LogP contribution in [0.2, 0.25) is 0 Å². The number of nitrogens with two attached hydrogens (primary N) is 1. The number of para-hydroxylation sites is 1. The average molecular weight is 263 g/mol. The minimum Gasteiger partial charge on any atom is -0.495 e. The van der Waals surface area contributed by atoms with Crippen molar-refractivity contribution in [3.05, 3.63) is 29.6 Å². The molecule has 1 heterocycles. The van der Waals surface area contributed by atoms with Crippen molar-refractivity contribution < 1.29 is 14.3 Å². The molecular weight excluding hydrogens is 250 g/mol. The van der Waals surface area contributed by atoms with Gasteiger partial charge in [0.1, 0.15) is 5.75 Å². The number of aryl methyl sites for hydroxylation is 1. The predicted molar refractivity (Wildman–Crippen MR) is 65.3 cm³/mol. The van der Waals surface area contributed by atoms with E-state index in [1.807, 2.05) is 0 Å². The number of rotatable bonds is 4. The summed E-state index contributed by atoms with van der Waals surface area (Å²) in [5.41, 5.74) is 6.27. The lowest BCUT2D eigenvalue weighted by Crippen LogP contribution is -2.10. The first-order valence-corrected chi connectivity index (χ1v) is 5.44. The van der Waals surface area contributed by atoms with Gasteiger partial charge in [-0.1, -0.05) is 6.07 Å². The molecule has 2 N–H and O–H groups in total. The Balaban J connectivity index is 2.08. The number of nitrogen functional groups attached to an aromatic ring is 1. The third-order valence-corrected chi connectivity index (χ3v) is 2.39. The van der Waals surface area contributed by atoms with Crippen LogP contribution < -0.4 is 10.5 Å². The Labute approximate surface area is 109 Å². The lowest BCUT2D eigenvalue weighted by Gasteiger charge is -2.08. The summed E-state index contributed by atoms with van der Waals surface area (Å²) >= 11 is 0. The number of carbonyl (C=O) groups is 1. The van der Waals surface area contributed by atoms with Gasteiger partial charge in [-0.2, -0.15) is 4.80 Å². The van der Waals surface area contributed by atoms with Crippen molar-refractivity contribution in [1.82, 2.24) is 20.2 Å². The molecule has 0 saturated carbocycles. The molecule has 0 radical (unpaired) electrons. The molecule has 0 aliphatic rings. The lowest BCUT2D eigenvalue weighted by molar-refractivity contribution is 0.0463. The summed E-state index contributed by atoms with van der Waals surface area (Å²) in [5.74, 6) is 0.174. The summed E-state index contributed by atoms with van der Waals surface area (Å²) in [5, 5.41) is 11.2. The van der Waals surface area contributed by atoms with Crippen LogP contribution in [0.5, 0.6) is 5.75 Å². The fraction of sp³-hybridized carbons (Fsp3) is 0.273. The standard InChI is InChI=1S/C11H13N5O3/c1-16-14-9(13-15-16)6-19-11(17)7-4-3-5-8(18-2)10(7)12/h3-5H,6,12H2,1-2H3. The molecule has 2 aromatic rings. The molecule has 0 amide bonds. The van der Waals surface area contributed by atoms with Gasteiger partial charge in [0.25, 0.3) is 0 Å². The van der Waals surface area contributed by atoms with Crippen molar-refractivity contribution in [1.29, 1.82) is 0 Å². The maximum absolute atomic E-state index is 11.9. The number of hydrogen-bond acceptors (Lipinski definition) is 7. The fourth-order valence-electron chi connectivity index (χ4n) is 1.49. The van der Waals surface area contributed by atoms with Crippen molar-refractivity contribution in [3.63, 3.8) is 0 Å². The van der Waals surface area contributed by atoms with Gasteiger partial charge in [-0.05, 0) is 17.3 Å². The molecule has 1 aromatic heterocycles. The van der Waals surface area contributed by atoms with E-state index in [-0.39, 0.29) is 17.9 Å². The highest BCUT2D eigenvalue weighted by Gasteiger charge is 2.15. The fourth-order valence-corrected chi connectivity index (χ4v) is 1.49. The van der Waals surface area contributed by atoms with E-state index in [4.69, 9.17) is 15.2 Å². The largest absolute Gasteiger partial charge is 0.495 e. The molecule has 2 rings (SSSR count). The van der Waals surface area contributed by atoms with Crippen LogP contribution in [0.25, 0.3) is 0 Å². The molecule has 0 bridgehead atoms. The van der Waals surface area contributed by atoms with Crippen LogP contribution in [0, 0.1) is 0 Å². The molecule has 100 valence electrons. The van der Waals surface area contributed by atoms with Crippen molar-refractivity contribution in [2.45, 2.75) is 6.61 Å². The molecular formula is C11H13N5O3. The van der Waals surface area contributed by atoms with Crippen molar-refractivity contribution >= 4 is 11.7 Å². The Morgan fingerprint density at radius 1 is 1.47 bits per heavy atom. The van der Waals surface area contributed by atoms with Crippen LogP contribution in [0.3, 0.4) is 0 Å². The normalized spacial score (nSPS) is 10.2. The van der Waals surface area contributed by atoms with Crippen LogP contribution in [0.4, 0.5) is 5.69 Å². The van der Waals surface area contributed by atoms with Gasteiger partial charge in [-0.25, -0.2) is 4.79 Å². The Bertz CT molecular complexity index is 596. The highest BCUT2D eigenvalue weighted by Crippen LogP contribution is 2.25. The second-order valence-electron chi connectivity index (χ2n) is 3.69. The van der Waals surface area contributed by atoms with E-state index >= 15 is 0 Å². The smallest absolute Gasteiger partial charge is 0.340 e. The number of ether oxygens (including phenoxy) is 2. The number of tetrazole rings is 1. The second-order valence-corrected chi connectivity index (χ2v) is 3.69. The summed E-state index contributed by atoms with van der Waals surface area (Å²) in [7, 11) is 3.10. The van der Waals surface area contributed by atoms with E-state index < -0.39 is 5.97 Å². The lowest BCUT2D eigenvalue weighted by atomic mass is 10.1. The summed E-state index contributed by atoms with van der Waals surface area (Å²) in [6, 6.07) is 4.88. The number of benzene rings is 1. The number of carbonyl (C=O) groups excluding carboxylic acids is 1. The van der Waals surface area contributed by atoms with Gasteiger partial charge in [-0.3, -0.25) is 0 Å². The SMILES string of the molecule is COc1cccc(C(=O)OCc2nnn(C)n2)c1N. The van der Waals surface area contributed by atoms with Crippen LogP contribution in [-0.4, -0.2) is 33.3 Å². The quantitative estimate of drug-likeness (QED) is 0.618. The first-order chi connectivity index (χ1) is 9.11. The number of hydrogen-bond donors (Lipinski definition) is 1. The third-order valence-electron chi connectivity index (χ3n) is 2.39. The molecule has 0 spiro atoms. The number of esters is 1. The Morgan fingerprint density at radius 3 is 2.89 bits per heavy atom. The zero-order valence-electron chi connectivity index (χ0n) is 10.5. The van der Waals surface area contributed by atoms with Gasteiger partial charge in [0.05, 0.1) is 25.4 Å². The van der Waals surface area contributed by atoms with E-state index in [1.165, 1.54) is 11.9 Å². The molecule has 0 aliphatic heterocycles. The summed E-state index contributed by atoms with van der Waals surface area (Å²) in [4.78, 5) is 13.2. The first kappa shape index (κ1) is 12.8. The summed E-state index contributed by atoms with van der Waals surface area (Å²) < 4.78 is 10.1. The van der Waals surface area contributed by atoms with Crippen LogP contribution in [-0.2, 0) is 18.4 Å². The molecule has 0 atom stereocenters. The third kappa shape index (κ3) is 2.79. The first-order valence-electron chi connectivity index (χ1n) is 5.44. The highest BCUT2D eigenvalue weighted by atomic mass is 16.5. The van der Waals surface area contributed by atoms with Gasteiger partial charge in [0, 0.05) is 0 Å². The van der Waals surface area contributed by atoms with Crippen LogP contribution in [0.1, 0.15) is 16.2 Å². The minimum absolute atomic E-state index is 0.0661. The van der Waals surface area contributed by atoms with Crippen LogP contribution >= 0.6 is 0 Å². The van der Waals surface area contributed by atoms with Gasteiger partial charge in [0.15, 0.2) is 6.61 Å². The molecule has 0 unspecified atom stereocenters. The van der Waals surface area contributed by atoms with E-state index in [2.05, 4.69) is 15.4 Å². The summed E-state index contributed by atoms with van der Waals surface area (Å²) in [6.07, 6.45) is 0.